The molecule has 3 rings (SSSR count). The quantitative estimate of drug-likeness (QED) is 0.682. The predicted molar refractivity (Wildman–Crippen MR) is 105 cm³/mol. The third kappa shape index (κ3) is 4.68. The molecule has 0 aliphatic carbocycles. The number of rotatable bonds is 5. The number of hydrogen-bond donors (Lipinski definition) is 1. The Morgan fingerprint density at radius 1 is 1.10 bits per heavy atom. The Morgan fingerprint density at radius 3 is 2.53 bits per heavy atom. The van der Waals surface area contributed by atoms with Gasteiger partial charge in [0.1, 0.15) is 5.75 Å². The van der Waals surface area contributed by atoms with Crippen molar-refractivity contribution < 1.29 is 27.5 Å². The summed E-state index contributed by atoms with van der Waals surface area (Å²) in [6.45, 7) is -0.211. The molecule has 30 heavy (non-hydrogen) atoms. The van der Waals surface area contributed by atoms with Crippen molar-refractivity contribution in [1.29, 1.82) is 0 Å². The number of pyridine rings is 1. The summed E-state index contributed by atoms with van der Waals surface area (Å²) in [5.74, 6) is -0.931. The molecule has 0 saturated heterocycles. The summed E-state index contributed by atoms with van der Waals surface area (Å²) in [5.41, 5.74) is -1.27. The third-order valence-corrected chi connectivity index (χ3v) is 4.26. The van der Waals surface area contributed by atoms with Crippen molar-refractivity contribution in [3.8, 4) is 5.75 Å². The SMILES string of the molecule is CN(C)C(=O)COc1cccc(NC(=O)c2cnc3ccccc3c2C(F)(F)F)c1. The molecule has 0 radical (unpaired) electrons. The van der Waals surface area contributed by atoms with Crippen LogP contribution in [0.15, 0.2) is 54.7 Å². The van der Waals surface area contributed by atoms with Gasteiger partial charge >= 0.3 is 6.18 Å². The Morgan fingerprint density at radius 2 is 1.83 bits per heavy atom. The molecular weight excluding hydrogens is 399 g/mol. The number of hydrogen-bond acceptors (Lipinski definition) is 4. The first-order valence-corrected chi connectivity index (χ1v) is 8.86. The highest BCUT2D eigenvalue weighted by molar-refractivity contribution is 6.07. The number of aromatic nitrogens is 1. The summed E-state index contributed by atoms with van der Waals surface area (Å²) in [6.07, 6.45) is -3.83. The number of anilines is 1. The molecule has 0 aliphatic heterocycles. The molecular formula is C21H18F3N3O3. The van der Waals surface area contributed by atoms with Crippen LogP contribution in [0.4, 0.5) is 18.9 Å². The fourth-order valence-corrected chi connectivity index (χ4v) is 2.76. The minimum absolute atomic E-state index is 0.141. The van der Waals surface area contributed by atoms with Crippen LogP contribution in [0.1, 0.15) is 15.9 Å². The summed E-state index contributed by atoms with van der Waals surface area (Å²) >= 11 is 0. The average molecular weight is 417 g/mol. The number of halogens is 3. The average Bonchev–Trinajstić information content (AvgIpc) is 2.70. The van der Waals surface area contributed by atoms with E-state index < -0.39 is 23.2 Å². The van der Waals surface area contributed by atoms with Gasteiger partial charge in [-0.15, -0.1) is 0 Å². The van der Waals surface area contributed by atoms with Gasteiger partial charge in [0.05, 0.1) is 16.6 Å². The normalized spacial score (nSPS) is 11.2. The lowest BCUT2D eigenvalue weighted by Gasteiger charge is -2.15. The molecule has 0 fully saturated rings. The number of ether oxygens (including phenoxy) is 1. The van der Waals surface area contributed by atoms with Crippen LogP contribution in [-0.2, 0) is 11.0 Å². The van der Waals surface area contributed by atoms with Gasteiger partial charge in [-0.05, 0) is 18.2 Å². The van der Waals surface area contributed by atoms with Gasteiger partial charge in [-0.1, -0.05) is 24.3 Å². The zero-order valence-electron chi connectivity index (χ0n) is 16.2. The van der Waals surface area contributed by atoms with Crippen LogP contribution in [0.5, 0.6) is 5.75 Å². The predicted octanol–water partition coefficient (Wildman–Crippen LogP) is 3.97. The number of carbonyl (C=O) groups is 2. The zero-order chi connectivity index (χ0) is 21.9. The minimum atomic E-state index is -4.74. The monoisotopic (exact) mass is 417 g/mol. The molecule has 3 aromatic rings. The number of likely N-dealkylation sites (N-methyl/N-ethyl adjacent to an activating group) is 1. The number of carbonyl (C=O) groups excluding carboxylic acids is 2. The maximum Gasteiger partial charge on any atom is 0.417 e. The number of nitrogens with zero attached hydrogens (tertiary/aromatic N) is 2. The first kappa shape index (κ1) is 21.1. The Labute approximate surface area is 170 Å². The van der Waals surface area contributed by atoms with Gasteiger partial charge in [-0.3, -0.25) is 14.6 Å². The highest BCUT2D eigenvalue weighted by Gasteiger charge is 2.37. The van der Waals surface area contributed by atoms with Crippen LogP contribution in [0.25, 0.3) is 10.9 Å². The smallest absolute Gasteiger partial charge is 0.417 e. The zero-order valence-corrected chi connectivity index (χ0v) is 16.2. The molecule has 0 spiro atoms. The van der Waals surface area contributed by atoms with Gasteiger partial charge in [-0.2, -0.15) is 13.2 Å². The van der Waals surface area contributed by atoms with Crippen molar-refractivity contribution in [3.63, 3.8) is 0 Å². The van der Waals surface area contributed by atoms with Crippen LogP contribution in [0, 0.1) is 0 Å². The van der Waals surface area contributed by atoms with Crippen molar-refractivity contribution >= 4 is 28.4 Å². The number of para-hydroxylation sites is 1. The van der Waals surface area contributed by atoms with E-state index in [9.17, 15) is 22.8 Å². The molecule has 6 nitrogen and oxygen atoms in total. The second-order valence-electron chi connectivity index (χ2n) is 6.62. The van der Waals surface area contributed by atoms with E-state index in [2.05, 4.69) is 10.3 Å². The van der Waals surface area contributed by atoms with Crippen LogP contribution in [0.2, 0.25) is 0 Å². The summed E-state index contributed by atoms with van der Waals surface area (Å²) in [5, 5.41) is 2.28. The van der Waals surface area contributed by atoms with Gasteiger partial charge in [-0.25, -0.2) is 0 Å². The van der Waals surface area contributed by atoms with Gasteiger partial charge < -0.3 is 15.0 Å². The van der Waals surface area contributed by atoms with Crippen LogP contribution in [-0.4, -0.2) is 42.4 Å². The van der Waals surface area contributed by atoms with Crippen molar-refractivity contribution in [1.82, 2.24) is 9.88 Å². The van der Waals surface area contributed by atoms with E-state index in [0.717, 1.165) is 6.20 Å². The molecule has 1 aromatic heterocycles. The lowest BCUT2D eigenvalue weighted by molar-refractivity contribution is -0.136. The molecule has 156 valence electrons. The number of benzene rings is 2. The molecule has 0 unspecified atom stereocenters. The third-order valence-electron chi connectivity index (χ3n) is 4.26. The first-order valence-electron chi connectivity index (χ1n) is 8.86. The molecule has 9 heteroatoms. The Balaban J connectivity index is 1.87. The van der Waals surface area contributed by atoms with Gasteiger partial charge in [0.25, 0.3) is 11.8 Å². The summed E-state index contributed by atoms with van der Waals surface area (Å²) in [6, 6.07) is 11.8. The molecule has 1 heterocycles. The van der Waals surface area contributed by atoms with Crippen molar-refractivity contribution in [3.05, 3.63) is 65.9 Å². The molecule has 0 bridgehead atoms. The minimum Gasteiger partial charge on any atom is -0.484 e. The summed E-state index contributed by atoms with van der Waals surface area (Å²) in [7, 11) is 3.16. The summed E-state index contributed by atoms with van der Waals surface area (Å²) in [4.78, 5) is 29.6. The maximum absolute atomic E-state index is 13.7. The van der Waals surface area contributed by atoms with Crippen molar-refractivity contribution in [2.75, 3.05) is 26.0 Å². The number of fused-ring (bicyclic) bond motifs is 1. The lowest BCUT2D eigenvalue weighted by Crippen LogP contribution is -2.27. The lowest BCUT2D eigenvalue weighted by atomic mass is 10.0. The van der Waals surface area contributed by atoms with E-state index in [1.165, 1.54) is 35.2 Å². The Bertz CT molecular complexity index is 1100. The van der Waals surface area contributed by atoms with E-state index in [-0.39, 0.29) is 34.9 Å². The molecule has 2 amide bonds. The Kier molecular flexibility index (Phi) is 5.91. The van der Waals surface area contributed by atoms with Gasteiger partial charge in [0.2, 0.25) is 0 Å². The van der Waals surface area contributed by atoms with Crippen LogP contribution >= 0.6 is 0 Å². The highest BCUT2D eigenvalue weighted by atomic mass is 19.4. The van der Waals surface area contributed by atoms with E-state index in [4.69, 9.17) is 4.74 Å². The van der Waals surface area contributed by atoms with E-state index in [0.29, 0.717) is 0 Å². The van der Waals surface area contributed by atoms with Gasteiger partial charge in [0.15, 0.2) is 6.61 Å². The molecule has 0 aliphatic rings. The topological polar surface area (TPSA) is 71.5 Å². The second kappa shape index (κ2) is 8.40. The summed E-state index contributed by atoms with van der Waals surface area (Å²) < 4.78 is 46.5. The highest BCUT2D eigenvalue weighted by Crippen LogP contribution is 2.37. The van der Waals surface area contributed by atoms with Crippen LogP contribution < -0.4 is 10.1 Å². The van der Waals surface area contributed by atoms with Gasteiger partial charge in [0, 0.05) is 37.4 Å². The fourth-order valence-electron chi connectivity index (χ4n) is 2.76. The second-order valence-corrected chi connectivity index (χ2v) is 6.62. The molecule has 0 atom stereocenters. The van der Waals surface area contributed by atoms with Crippen molar-refractivity contribution in [2.45, 2.75) is 6.18 Å². The first-order chi connectivity index (χ1) is 14.2. The molecule has 0 saturated carbocycles. The van der Waals surface area contributed by atoms with E-state index in [1.807, 2.05) is 0 Å². The number of nitrogens with one attached hydrogen (secondary N) is 1. The largest absolute Gasteiger partial charge is 0.484 e. The Hall–Kier alpha value is -3.62. The maximum atomic E-state index is 13.7. The standard InChI is InChI=1S/C21H18F3N3O3/c1-27(2)18(28)12-30-14-7-5-6-13(10-14)26-20(29)16-11-25-17-9-4-3-8-15(17)19(16)21(22,23)24/h3-11H,12H2,1-2H3,(H,26,29). The van der Waals surface area contributed by atoms with Crippen LogP contribution in [0.3, 0.4) is 0 Å². The number of alkyl halides is 3. The molecule has 1 N–H and O–H groups in total. The fraction of sp³-hybridized carbons (Fsp3) is 0.190. The van der Waals surface area contributed by atoms with Crippen molar-refractivity contribution in [2.24, 2.45) is 0 Å². The van der Waals surface area contributed by atoms with E-state index in [1.54, 1.807) is 32.3 Å². The molecule has 2 aromatic carbocycles. The van der Waals surface area contributed by atoms with E-state index >= 15 is 0 Å². The number of amides is 2.